The quantitative estimate of drug-likeness (QED) is 0.620. The van der Waals surface area contributed by atoms with Crippen LogP contribution in [0.2, 0.25) is 5.02 Å². The van der Waals surface area contributed by atoms with Crippen molar-refractivity contribution >= 4 is 29.1 Å². The Bertz CT molecular complexity index is 978. The highest BCUT2D eigenvalue weighted by Crippen LogP contribution is 2.16. The third-order valence-electron chi connectivity index (χ3n) is 4.00. The first-order valence-electron chi connectivity index (χ1n) is 8.83. The van der Waals surface area contributed by atoms with E-state index in [0.29, 0.717) is 28.9 Å². The van der Waals surface area contributed by atoms with E-state index >= 15 is 0 Å². The first-order valence-corrected chi connectivity index (χ1v) is 9.21. The lowest BCUT2D eigenvalue weighted by Gasteiger charge is -2.09. The topological polar surface area (TPSA) is 76.1 Å². The van der Waals surface area contributed by atoms with Crippen LogP contribution in [-0.4, -0.2) is 29.5 Å². The summed E-state index contributed by atoms with van der Waals surface area (Å²) in [6, 6.07) is 16.5. The Hall–Kier alpha value is -3.12. The van der Waals surface area contributed by atoms with E-state index in [1.807, 2.05) is 31.2 Å². The van der Waals surface area contributed by atoms with Crippen molar-refractivity contribution in [3.8, 4) is 5.75 Å². The summed E-state index contributed by atoms with van der Waals surface area (Å²) < 4.78 is 5.24. The van der Waals surface area contributed by atoms with Crippen LogP contribution in [-0.2, 0) is 6.42 Å². The second kappa shape index (κ2) is 9.19. The van der Waals surface area contributed by atoms with Crippen LogP contribution in [0.5, 0.6) is 5.75 Å². The molecule has 144 valence electrons. The highest BCUT2D eigenvalue weighted by molar-refractivity contribution is 6.30. The van der Waals surface area contributed by atoms with E-state index in [4.69, 9.17) is 16.3 Å². The molecule has 0 radical (unpaired) electrons. The number of amides is 1. The van der Waals surface area contributed by atoms with Gasteiger partial charge < -0.3 is 15.4 Å². The number of methoxy groups -OCH3 is 1. The summed E-state index contributed by atoms with van der Waals surface area (Å²) in [4.78, 5) is 21.2. The van der Waals surface area contributed by atoms with Crippen LogP contribution in [0.15, 0.2) is 54.6 Å². The largest absolute Gasteiger partial charge is 0.497 e. The van der Waals surface area contributed by atoms with Crippen LogP contribution >= 0.6 is 11.6 Å². The first kappa shape index (κ1) is 19.6. The van der Waals surface area contributed by atoms with Crippen molar-refractivity contribution < 1.29 is 9.53 Å². The van der Waals surface area contributed by atoms with Gasteiger partial charge in [0, 0.05) is 22.9 Å². The minimum Gasteiger partial charge on any atom is -0.497 e. The van der Waals surface area contributed by atoms with Crippen LogP contribution < -0.4 is 15.4 Å². The lowest BCUT2D eigenvalue weighted by Crippen LogP contribution is -2.16. The summed E-state index contributed by atoms with van der Waals surface area (Å²) >= 11 is 5.96. The van der Waals surface area contributed by atoms with Gasteiger partial charge in [-0.3, -0.25) is 4.79 Å². The average molecular weight is 397 g/mol. The van der Waals surface area contributed by atoms with Crippen LogP contribution in [0.25, 0.3) is 0 Å². The molecule has 2 N–H and O–H groups in total. The second-order valence-electron chi connectivity index (χ2n) is 6.21. The van der Waals surface area contributed by atoms with Gasteiger partial charge in [-0.25, -0.2) is 9.97 Å². The predicted octanol–water partition coefficient (Wildman–Crippen LogP) is 4.35. The number of nitrogens with zero attached hydrogens (tertiary/aromatic N) is 2. The summed E-state index contributed by atoms with van der Waals surface area (Å²) in [5.41, 5.74) is 2.74. The number of aromatic nitrogens is 2. The number of carbonyl (C=O) groups is 1. The van der Waals surface area contributed by atoms with Crippen molar-refractivity contribution in [2.45, 2.75) is 13.3 Å². The molecule has 3 rings (SSSR count). The van der Waals surface area contributed by atoms with Crippen LogP contribution in [0.4, 0.5) is 11.6 Å². The molecule has 6 nitrogen and oxygen atoms in total. The van der Waals surface area contributed by atoms with E-state index in [0.717, 1.165) is 17.7 Å². The van der Waals surface area contributed by atoms with Gasteiger partial charge in [-0.1, -0.05) is 29.8 Å². The van der Waals surface area contributed by atoms with E-state index in [1.165, 1.54) is 0 Å². The standard InChI is InChI=1S/C21H21ClN4O2/c1-14-11-19(20(27)25-17-7-4-6-16(22)13-17)26-21(24-14)23-10-9-15-5-3-8-18(12-15)28-2/h3-8,11-13H,9-10H2,1-2H3,(H,25,27)(H,23,24,26). The molecule has 0 fully saturated rings. The summed E-state index contributed by atoms with van der Waals surface area (Å²) in [6.45, 7) is 2.46. The Morgan fingerprint density at radius 3 is 2.71 bits per heavy atom. The fourth-order valence-electron chi connectivity index (χ4n) is 2.67. The number of hydrogen-bond donors (Lipinski definition) is 2. The zero-order valence-corrected chi connectivity index (χ0v) is 16.5. The molecule has 28 heavy (non-hydrogen) atoms. The number of anilines is 2. The van der Waals surface area contributed by atoms with E-state index in [9.17, 15) is 4.79 Å². The molecule has 2 aromatic carbocycles. The summed E-state index contributed by atoms with van der Waals surface area (Å²) in [6.07, 6.45) is 0.776. The zero-order chi connectivity index (χ0) is 19.9. The monoisotopic (exact) mass is 396 g/mol. The number of ether oxygens (including phenoxy) is 1. The normalized spacial score (nSPS) is 10.4. The SMILES string of the molecule is COc1cccc(CCNc2nc(C)cc(C(=O)Nc3cccc(Cl)c3)n2)c1. The Morgan fingerprint density at radius 1 is 1.11 bits per heavy atom. The zero-order valence-electron chi connectivity index (χ0n) is 15.7. The van der Waals surface area contributed by atoms with Gasteiger partial charge in [0.05, 0.1) is 7.11 Å². The second-order valence-corrected chi connectivity index (χ2v) is 6.65. The van der Waals surface area contributed by atoms with Gasteiger partial charge in [0.25, 0.3) is 5.91 Å². The molecule has 0 saturated heterocycles. The first-order chi connectivity index (χ1) is 13.5. The molecule has 0 spiro atoms. The van der Waals surface area contributed by atoms with E-state index in [-0.39, 0.29) is 11.6 Å². The van der Waals surface area contributed by atoms with Crippen molar-refractivity contribution in [2.24, 2.45) is 0 Å². The van der Waals surface area contributed by atoms with E-state index in [2.05, 4.69) is 20.6 Å². The minimum atomic E-state index is -0.316. The molecular weight excluding hydrogens is 376 g/mol. The summed E-state index contributed by atoms with van der Waals surface area (Å²) in [5.74, 6) is 0.923. The van der Waals surface area contributed by atoms with Crippen molar-refractivity contribution in [1.29, 1.82) is 0 Å². The predicted molar refractivity (Wildman–Crippen MR) is 111 cm³/mol. The van der Waals surface area contributed by atoms with Crippen molar-refractivity contribution in [1.82, 2.24) is 9.97 Å². The van der Waals surface area contributed by atoms with E-state index < -0.39 is 0 Å². The van der Waals surface area contributed by atoms with Crippen molar-refractivity contribution in [3.05, 3.63) is 76.6 Å². The molecule has 0 aliphatic carbocycles. The highest BCUT2D eigenvalue weighted by atomic mass is 35.5. The molecular formula is C21H21ClN4O2. The van der Waals surface area contributed by atoms with Gasteiger partial charge in [-0.05, 0) is 55.3 Å². The van der Waals surface area contributed by atoms with Gasteiger partial charge >= 0.3 is 0 Å². The molecule has 1 amide bonds. The third kappa shape index (κ3) is 5.44. The Labute approximate surface area is 168 Å². The Kier molecular flexibility index (Phi) is 6.45. The smallest absolute Gasteiger partial charge is 0.274 e. The van der Waals surface area contributed by atoms with Gasteiger partial charge in [0.2, 0.25) is 5.95 Å². The maximum atomic E-state index is 12.5. The van der Waals surface area contributed by atoms with E-state index in [1.54, 1.807) is 37.4 Å². The Morgan fingerprint density at radius 2 is 1.93 bits per heavy atom. The molecule has 0 unspecified atom stereocenters. The summed E-state index contributed by atoms with van der Waals surface area (Å²) in [5, 5.41) is 6.52. The molecule has 0 aliphatic heterocycles. The number of benzene rings is 2. The number of hydrogen-bond acceptors (Lipinski definition) is 5. The Balaban J connectivity index is 1.64. The molecule has 3 aromatic rings. The van der Waals surface area contributed by atoms with Crippen LogP contribution in [0, 0.1) is 6.92 Å². The summed E-state index contributed by atoms with van der Waals surface area (Å²) in [7, 11) is 1.65. The number of rotatable bonds is 7. The maximum Gasteiger partial charge on any atom is 0.274 e. The van der Waals surface area contributed by atoms with Crippen LogP contribution in [0.1, 0.15) is 21.7 Å². The number of aryl methyl sites for hydroxylation is 1. The lowest BCUT2D eigenvalue weighted by molar-refractivity contribution is 0.102. The molecule has 1 aromatic heterocycles. The minimum absolute atomic E-state index is 0.288. The van der Waals surface area contributed by atoms with Crippen molar-refractivity contribution in [2.75, 3.05) is 24.3 Å². The molecule has 0 saturated carbocycles. The van der Waals surface area contributed by atoms with Gasteiger partial charge in [-0.15, -0.1) is 0 Å². The fourth-order valence-corrected chi connectivity index (χ4v) is 2.86. The van der Waals surface area contributed by atoms with Gasteiger partial charge in [-0.2, -0.15) is 0 Å². The lowest BCUT2D eigenvalue weighted by atomic mass is 10.1. The average Bonchev–Trinajstić information content (AvgIpc) is 2.68. The molecule has 7 heteroatoms. The third-order valence-corrected chi connectivity index (χ3v) is 4.24. The van der Waals surface area contributed by atoms with Crippen molar-refractivity contribution in [3.63, 3.8) is 0 Å². The number of carbonyl (C=O) groups excluding carboxylic acids is 1. The highest BCUT2D eigenvalue weighted by Gasteiger charge is 2.11. The van der Waals surface area contributed by atoms with Gasteiger partial charge in [0.15, 0.2) is 0 Å². The molecule has 0 atom stereocenters. The fraction of sp³-hybridized carbons (Fsp3) is 0.190. The van der Waals surface area contributed by atoms with Gasteiger partial charge in [0.1, 0.15) is 11.4 Å². The molecule has 1 heterocycles. The van der Waals surface area contributed by atoms with Crippen LogP contribution in [0.3, 0.4) is 0 Å². The molecule has 0 aliphatic rings. The molecule has 0 bridgehead atoms. The maximum absolute atomic E-state index is 12.5. The number of halogens is 1. The number of nitrogens with one attached hydrogen (secondary N) is 2.